The van der Waals surface area contributed by atoms with Crippen molar-refractivity contribution in [1.29, 1.82) is 0 Å². The maximum atomic E-state index is 12.1. The van der Waals surface area contributed by atoms with Gasteiger partial charge in [-0.05, 0) is 56.1 Å². The van der Waals surface area contributed by atoms with E-state index >= 15 is 0 Å². The molecule has 1 fully saturated rings. The molecule has 24 heavy (non-hydrogen) atoms. The molecule has 2 rings (SSSR count). The largest absolute Gasteiger partial charge is 0.573 e. The Kier molecular flexibility index (Phi) is 6.30. The number of nitrogens with one attached hydrogen (secondary N) is 1. The van der Waals surface area contributed by atoms with Crippen LogP contribution in [-0.2, 0) is 0 Å². The number of benzene rings is 1. The van der Waals surface area contributed by atoms with Gasteiger partial charge in [0.15, 0.2) is 5.96 Å². The molecular weight excluding hydrogens is 321 g/mol. The summed E-state index contributed by atoms with van der Waals surface area (Å²) in [6.07, 6.45) is -2.27. The van der Waals surface area contributed by atoms with Gasteiger partial charge in [0.2, 0.25) is 0 Å². The standard InChI is InChI=1S/C16H23F3N4O/c1-12-6-9-23(10-7-12)11-8-21-15(20)22-13-2-4-14(5-3-13)24-16(17,18)19/h2-5,12H,6-11H2,1H3,(H3,20,21,22). The zero-order valence-electron chi connectivity index (χ0n) is 13.6. The van der Waals surface area contributed by atoms with Gasteiger partial charge < -0.3 is 20.7 Å². The van der Waals surface area contributed by atoms with Gasteiger partial charge in [-0.1, -0.05) is 6.92 Å². The van der Waals surface area contributed by atoms with Gasteiger partial charge in [-0.25, -0.2) is 0 Å². The topological polar surface area (TPSA) is 62.9 Å². The Morgan fingerprint density at radius 1 is 1.29 bits per heavy atom. The third-order valence-corrected chi connectivity index (χ3v) is 3.93. The molecule has 5 nitrogen and oxygen atoms in total. The summed E-state index contributed by atoms with van der Waals surface area (Å²) in [6, 6.07) is 5.35. The maximum Gasteiger partial charge on any atom is 0.573 e. The monoisotopic (exact) mass is 344 g/mol. The first-order valence-corrected chi connectivity index (χ1v) is 7.97. The number of halogens is 3. The number of nitrogens with zero attached hydrogens (tertiary/aromatic N) is 2. The van der Waals surface area contributed by atoms with Crippen LogP contribution in [0.25, 0.3) is 0 Å². The maximum absolute atomic E-state index is 12.1. The third-order valence-electron chi connectivity index (χ3n) is 3.93. The number of hydrogen-bond donors (Lipinski definition) is 2. The zero-order chi connectivity index (χ0) is 17.6. The van der Waals surface area contributed by atoms with Gasteiger partial charge in [-0.15, -0.1) is 13.2 Å². The van der Waals surface area contributed by atoms with Crippen LogP contribution < -0.4 is 15.8 Å². The molecule has 1 heterocycles. The van der Waals surface area contributed by atoms with Gasteiger partial charge in [0.1, 0.15) is 5.75 Å². The van der Waals surface area contributed by atoms with Crippen LogP contribution in [0.2, 0.25) is 0 Å². The lowest BCUT2D eigenvalue weighted by molar-refractivity contribution is -0.274. The summed E-state index contributed by atoms with van der Waals surface area (Å²) in [5.41, 5.74) is 6.35. The molecular formula is C16H23F3N4O. The molecule has 0 amide bonds. The van der Waals surface area contributed by atoms with E-state index in [1.54, 1.807) is 0 Å². The molecule has 0 aromatic heterocycles. The highest BCUT2D eigenvalue weighted by Gasteiger charge is 2.30. The first-order chi connectivity index (χ1) is 11.3. The lowest BCUT2D eigenvalue weighted by atomic mass is 9.99. The molecule has 1 aliphatic rings. The fourth-order valence-electron chi connectivity index (χ4n) is 2.52. The summed E-state index contributed by atoms with van der Waals surface area (Å²) in [5, 5.41) is 2.85. The van der Waals surface area contributed by atoms with Crippen LogP contribution in [-0.4, -0.2) is 43.4 Å². The van der Waals surface area contributed by atoms with Crippen LogP contribution in [0.1, 0.15) is 19.8 Å². The summed E-state index contributed by atoms with van der Waals surface area (Å²) >= 11 is 0. The van der Waals surface area contributed by atoms with Crippen molar-refractivity contribution in [1.82, 2.24) is 4.90 Å². The molecule has 0 spiro atoms. The number of nitrogens with two attached hydrogens (primary N) is 1. The molecule has 1 aromatic carbocycles. The average molecular weight is 344 g/mol. The van der Waals surface area contributed by atoms with Crippen LogP contribution in [0.4, 0.5) is 18.9 Å². The molecule has 0 radical (unpaired) electrons. The number of anilines is 1. The van der Waals surface area contributed by atoms with Gasteiger partial charge in [0.25, 0.3) is 0 Å². The number of guanidine groups is 1. The summed E-state index contributed by atoms with van der Waals surface area (Å²) in [7, 11) is 0. The highest BCUT2D eigenvalue weighted by Crippen LogP contribution is 2.23. The van der Waals surface area contributed by atoms with E-state index in [1.807, 2.05) is 0 Å². The number of likely N-dealkylation sites (tertiary alicyclic amines) is 1. The van der Waals surface area contributed by atoms with E-state index in [4.69, 9.17) is 5.73 Å². The van der Waals surface area contributed by atoms with Crippen molar-refractivity contribution in [2.45, 2.75) is 26.1 Å². The van der Waals surface area contributed by atoms with Crippen molar-refractivity contribution in [3.63, 3.8) is 0 Å². The summed E-state index contributed by atoms with van der Waals surface area (Å²) in [4.78, 5) is 6.61. The molecule has 0 atom stereocenters. The second kappa shape index (κ2) is 8.23. The molecule has 134 valence electrons. The lowest BCUT2D eigenvalue weighted by Gasteiger charge is -2.29. The first kappa shape index (κ1) is 18.4. The van der Waals surface area contributed by atoms with Crippen LogP contribution in [0.15, 0.2) is 29.3 Å². The van der Waals surface area contributed by atoms with Gasteiger partial charge in [0, 0.05) is 12.2 Å². The predicted molar refractivity (Wildman–Crippen MR) is 88.1 cm³/mol. The molecule has 1 aromatic rings. The van der Waals surface area contributed by atoms with Gasteiger partial charge >= 0.3 is 6.36 Å². The van der Waals surface area contributed by atoms with E-state index in [9.17, 15) is 13.2 Å². The van der Waals surface area contributed by atoms with Crippen LogP contribution in [0.3, 0.4) is 0 Å². The minimum absolute atomic E-state index is 0.241. The number of piperidine rings is 1. The smallest absolute Gasteiger partial charge is 0.406 e. The van der Waals surface area contributed by atoms with Crippen LogP contribution >= 0.6 is 0 Å². The predicted octanol–water partition coefficient (Wildman–Crippen LogP) is 3.04. The number of aliphatic imine (C=N–C) groups is 1. The Morgan fingerprint density at radius 2 is 1.92 bits per heavy atom. The van der Waals surface area contributed by atoms with E-state index in [0.29, 0.717) is 12.2 Å². The number of hydrogen-bond acceptors (Lipinski definition) is 3. The molecule has 1 aliphatic heterocycles. The summed E-state index contributed by atoms with van der Waals surface area (Å²) in [5.74, 6) is 0.758. The van der Waals surface area contributed by atoms with Crippen molar-refractivity contribution in [3.8, 4) is 5.75 Å². The quantitative estimate of drug-likeness (QED) is 0.637. The molecule has 1 saturated heterocycles. The van der Waals surface area contributed by atoms with E-state index in [1.165, 1.54) is 37.1 Å². The van der Waals surface area contributed by atoms with Gasteiger partial charge in [0.05, 0.1) is 6.54 Å². The Balaban J connectivity index is 1.75. The minimum Gasteiger partial charge on any atom is -0.406 e. The van der Waals surface area contributed by atoms with Crippen molar-refractivity contribution >= 4 is 11.6 Å². The highest BCUT2D eigenvalue weighted by molar-refractivity contribution is 5.92. The number of ether oxygens (including phenoxy) is 1. The highest BCUT2D eigenvalue weighted by atomic mass is 19.4. The summed E-state index contributed by atoms with van der Waals surface area (Å²) < 4.78 is 40.1. The molecule has 0 unspecified atom stereocenters. The van der Waals surface area contributed by atoms with Crippen LogP contribution in [0, 0.1) is 5.92 Å². The zero-order valence-corrected chi connectivity index (χ0v) is 13.6. The molecule has 0 bridgehead atoms. The van der Waals surface area contributed by atoms with E-state index < -0.39 is 6.36 Å². The Bertz CT molecular complexity index is 537. The SMILES string of the molecule is CC1CCN(CCN=C(N)Nc2ccc(OC(F)(F)F)cc2)CC1. The van der Waals surface area contributed by atoms with Crippen molar-refractivity contribution in [2.24, 2.45) is 16.6 Å². The number of rotatable bonds is 5. The van der Waals surface area contributed by atoms with Gasteiger partial charge in [-0.2, -0.15) is 0 Å². The normalized spacial score (nSPS) is 17.8. The molecule has 3 N–H and O–H groups in total. The van der Waals surface area contributed by atoms with E-state index in [2.05, 4.69) is 26.9 Å². The molecule has 0 aliphatic carbocycles. The Labute approximate surface area is 139 Å². The molecule has 8 heteroatoms. The number of alkyl halides is 3. The fraction of sp³-hybridized carbons (Fsp3) is 0.562. The summed E-state index contributed by atoms with van der Waals surface area (Å²) in [6.45, 7) is 5.88. The van der Waals surface area contributed by atoms with E-state index in [0.717, 1.165) is 25.6 Å². The first-order valence-electron chi connectivity index (χ1n) is 7.97. The fourth-order valence-corrected chi connectivity index (χ4v) is 2.52. The van der Waals surface area contributed by atoms with Crippen molar-refractivity contribution in [2.75, 3.05) is 31.5 Å². The average Bonchev–Trinajstić information content (AvgIpc) is 2.50. The second-order valence-electron chi connectivity index (χ2n) is 5.99. The lowest BCUT2D eigenvalue weighted by Crippen LogP contribution is -2.35. The molecule has 0 saturated carbocycles. The Hall–Kier alpha value is -1.96. The van der Waals surface area contributed by atoms with Gasteiger partial charge in [-0.3, -0.25) is 4.99 Å². The van der Waals surface area contributed by atoms with E-state index in [-0.39, 0.29) is 11.7 Å². The van der Waals surface area contributed by atoms with Crippen molar-refractivity contribution in [3.05, 3.63) is 24.3 Å². The van der Waals surface area contributed by atoms with Crippen molar-refractivity contribution < 1.29 is 17.9 Å². The third kappa shape index (κ3) is 6.66. The second-order valence-corrected chi connectivity index (χ2v) is 5.99. The minimum atomic E-state index is -4.69. The Morgan fingerprint density at radius 3 is 2.50 bits per heavy atom. The van der Waals surface area contributed by atoms with Crippen LogP contribution in [0.5, 0.6) is 5.75 Å².